The molecule has 0 bridgehead atoms. The molecule has 2 aliphatic rings. The largest absolute Gasteiger partial charge is 0.314 e. The van der Waals surface area contributed by atoms with Crippen molar-refractivity contribution in [3.05, 3.63) is 0 Å². The van der Waals surface area contributed by atoms with Gasteiger partial charge in [0.15, 0.2) is 0 Å². The first-order valence-electron chi connectivity index (χ1n) is 7.59. The van der Waals surface area contributed by atoms with Gasteiger partial charge < -0.3 is 5.32 Å². The van der Waals surface area contributed by atoms with Crippen LogP contribution in [0.15, 0.2) is 0 Å². The van der Waals surface area contributed by atoms with Gasteiger partial charge in [-0.15, -0.1) is 0 Å². The van der Waals surface area contributed by atoms with Crippen LogP contribution < -0.4 is 16.6 Å². The van der Waals surface area contributed by atoms with E-state index in [1.807, 2.05) is 0 Å². The molecule has 3 nitrogen and oxygen atoms in total. The van der Waals surface area contributed by atoms with E-state index in [-0.39, 0.29) is 0 Å². The summed E-state index contributed by atoms with van der Waals surface area (Å²) in [7, 11) is 0. The van der Waals surface area contributed by atoms with Gasteiger partial charge in [0.1, 0.15) is 0 Å². The summed E-state index contributed by atoms with van der Waals surface area (Å²) in [6.45, 7) is 1.13. The number of nitrogens with one attached hydrogen (secondary N) is 2. The topological polar surface area (TPSA) is 50.1 Å². The fraction of sp³-hybridized carbons (Fsp3) is 1.00. The molecular formula is C14H29N3. The lowest BCUT2D eigenvalue weighted by Crippen LogP contribution is -2.50. The number of nitrogens with two attached hydrogens (primary N) is 1. The van der Waals surface area contributed by atoms with Crippen molar-refractivity contribution >= 4 is 0 Å². The van der Waals surface area contributed by atoms with Crippen molar-refractivity contribution in [3.63, 3.8) is 0 Å². The summed E-state index contributed by atoms with van der Waals surface area (Å²) in [5, 5.41) is 3.73. The molecule has 0 aromatic rings. The summed E-state index contributed by atoms with van der Waals surface area (Å²) < 4.78 is 0. The van der Waals surface area contributed by atoms with Crippen LogP contribution in [0.3, 0.4) is 0 Å². The maximum Gasteiger partial charge on any atom is 0.0237 e. The number of hydrogen-bond donors (Lipinski definition) is 3. The minimum absolute atomic E-state index is 0.536. The minimum Gasteiger partial charge on any atom is -0.314 e. The van der Waals surface area contributed by atoms with Gasteiger partial charge in [0.25, 0.3) is 0 Å². The number of rotatable bonds is 2. The second-order valence-corrected chi connectivity index (χ2v) is 5.91. The molecule has 0 spiro atoms. The Hall–Kier alpha value is -0.120. The molecule has 4 N–H and O–H groups in total. The lowest BCUT2D eigenvalue weighted by Gasteiger charge is -2.35. The van der Waals surface area contributed by atoms with Crippen LogP contribution in [-0.4, -0.2) is 18.6 Å². The van der Waals surface area contributed by atoms with Crippen LogP contribution in [0.4, 0.5) is 0 Å². The number of piperidine rings is 1. The van der Waals surface area contributed by atoms with Crippen molar-refractivity contribution in [3.8, 4) is 0 Å². The molecule has 2 rings (SSSR count). The Morgan fingerprint density at radius 3 is 2.18 bits per heavy atom. The summed E-state index contributed by atoms with van der Waals surface area (Å²) in [4.78, 5) is 0. The molecule has 1 heterocycles. The van der Waals surface area contributed by atoms with Crippen molar-refractivity contribution in [1.29, 1.82) is 0 Å². The lowest BCUT2D eigenvalue weighted by molar-refractivity contribution is 0.229. The fourth-order valence-electron chi connectivity index (χ4n) is 3.53. The molecule has 2 atom stereocenters. The maximum atomic E-state index is 5.60. The molecule has 0 radical (unpaired) electrons. The third-order valence-electron chi connectivity index (χ3n) is 4.64. The van der Waals surface area contributed by atoms with Gasteiger partial charge in [0.05, 0.1) is 0 Å². The van der Waals surface area contributed by atoms with Crippen LogP contribution in [-0.2, 0) is 0 Å². The minimum atomic E-state index is 0.536. The van der Waals surface area contributed by atoms with E-state index >= 15 is 0 Å². The first kappa shape index (κ1) is 13.3. The van der Waals surface area contributed by atoms with Gasteiger partial charge in [-0.25, -0.2) is 0 Å². The molecule has 100 valence electrons. The lowest BCUT2D eigenvalue weighted by atomic mass is 9.83. The molecule has 3 heteroatoms. The van der Waals surface area contributed by atoms with E-state index in [2.05, 4.69) is 10.7 Å². The summed E-state index contributed by atoms with van der Waals surface area (Å²) in [6, 6.07) is 1.25. The molecule has 1 aliphatic heterocycles. The van der Waals surface area contributed by atoms with Crippen molar-refractivity contribution < 1.29 is 0 Å². The van der Waals surface area contributed by atoms with Gasteiger partial charge in [-0.05, 0) is 38.1 Å². The van der Waals surface area contributed by atoms with Gasteiger partial charge in [-0.1, -0.05) is 38.5 Å². The van der Waals surface area contributed by atoms with E-state index in [4.69, 9.17) is 5.84 Å². The Balaban J connectivity index is 1.84. The Kier molecular flexibility index (Phi) is 5.75. The first-order valence-corrected chi connectivity index (χ1v) is 7.59. The zero-order valence-electron chi connectivity index (χ0n) is 11.1. The van der Waals surface area contributed by atoms with Crippen molar-refractivity contribution in [2.24, 2.45) is 11.8 Å². The van der Waals surface area contributed by atoms with Crippen molar-refractivity contribution in [2.45, 2.75) is 76.3 Å². The average molecular weight is 239 g/mol. The summed E-state index contributed by atoms with van der Waals surface area (Å²) in [6.07, 6.45) is 13.9. The highest BCUT2D eigenvalue weighted by molar-refractivity contribution is 4.86. The van der Waals surface area contributed by atoms with Gasteiger partial charge in [0, 0.05) is 12.1 Å². The van der Waals surface area contributed by atoms with Crippen LogP contribution in [0, 0.1) is 5.92 Å². The van der Waals surface area contributed by atoms with E-state index in [1.54, 1.807) is 0 Å². The van der Waals surface area contributed by atoms with Gasteiger partial charge in [0.2, 0.25) is 0 Å². The van der Waals surface area contributed by atoms with E-state index in [1.165, 1.54) is 64.2 Å². The smallest absolute Gasteiger partial charge is 0.0237 e. The molecule has 0 aromatic carbocycles. The van der Waals surface area contributed by atoms with Gasteiger partial charge in [-0.2, -0.15) is 0 Å². The highest BCUT2D eigenvalue weighted by atomic mass is 15.2. The predicted molar refractivity (Wildman–Crippen MR) is 72.6 cm³/mol. The molecule has 1 aliphatic carbocycles. The standard InChI is InChI=1S/C14H29N3/c15-17-13-9-10-16-14(11-13)12-7-5-3-1-2-4-6-8-12/h12-14,16-17H,1-11,15H2. The van der Waals surface area contributed by atoms with Crippen molar-refractivity contribution in [2.75, 3.05) is 6.54 Å². The van der Waals surface area contributed by atoms with E-state index in [0.717, 1.165) is 12.5 Å². The van der Waals surface area contributed by atoms with E-state index < -0.39 is 0 Å². The zero-order valence-corrected chi connectivity index (χ0v) is 11.1. The highest BCUT2D eigenvalue weighted by Gasteiger charge is 2.27. The second kappa shape index (κ2) is 7.34. The average Bonchev–Trinajstić information content (AvgIpc) is 2.52. The van der Waals surface area contributed by atoms with Crippen molar-refractivity contribution in [1.82, 2.24) is 10.7 Å². The Labute approximate surface area is 106 Å². The molecule has 1 saturated carbocycles. The summed E-state index contributed by atoms with van der Waals surface area (Å²) >= 11 is 0. The molecule has 2 unspecified atom stereocenters. The van der Waals surface area contributed by atoms with Crippen LogP contribution in [0.2, 0.25) is 0 Å². The predicted octanol–water partition coefficient (Wildman–Crippen LogP) is 2.32. The van der Waals surface area contributed by atoms with Crippen LogP contribution in [0.1, 0.15) is 64.2 Å². The molecular weight excluding hydrogens is 210 g/mol. The third kappa shape index (κ3) is 4.23. The molecule has 2 fully saturated rings. The quantitative estimate of drug-likeness (QED) is 0.512. The van der Waals surface area contributed by atoms with Gasteiger partial charge >= 0.3 is 0 Å². The highest BCUT2D eigenvalue weighted by Crippen LogP contribution is 2.27. The van der Waals surface area contributed by atoms with Crippen LogP contribution in [0.25, 0.3) is 0 Å². The molecule has 1 saturated heterocycles. The maximum absolute atomic E-state index is 5.60. The van der Waals surface area contributed by atoms with Gasteiger partial charge in [-0.3, -0.25) is 11.3 Å². The van der Waals surface area contributed by atoms with E-state index in [0.29, 0.717) is 12.1 Å². The number of hydrogen-bond acceptors (Lipinski definition) is 3. The van der Waals surface area contributed by atoms with Crippen LogP contribution in [0.5, 0.6) is 0 Å². The SMILES string of the molecule is NNC1CCNC(C2CCCCCCCC2)C1. The summed E-state index contributed by atoms with van der Waals surface area (Å²) in [5.41, 5.74) is 2.97. The Morgan fingerprint density at radius 1 is 0.882 bits per heavy atom. The summed E-state index contributed by atoms with van der Waals surface area (Å²) in [5.74, 6) is 6.49. The first-order chi connectivity index (χ1) is 8.40. The third-order valence-corrected chi connectivity index (χ3v) is 4.64. The van der Waals surface area contributed by atoms with E-state index in [9.17, 15) is 0 Å². The molecule has 17 heavy (non-hydrogen) atoms. The molecule has 0 amide bonds. The molecule has 0 aromatic heterocycles. The fourth-order valence-corrected chi connectivity index (χ4v) is 3.53. The normalized spacial score (nSPS) is 33.7. The Bertz CT molecular complexity index is 198. The Morgan fingerprint density at radius 2 is 1.53 bits per heavy atom. The second-order valence-electron chi connectivity index (χ2n) is 5.91. The van der Waals surface area contributed by atoms with Crippen LogP contribution >= 0.6 is 0 Å². The monoisotopic (exact) mass is 239 g/mol. The number of hydrazine groups is 1. The zero-order chi connectivity index (χ0) is 11.9.